The maximum atomic E-state index is 13.7. The number of nitrogens with one attached hydrogen (secondary N) is 1. The largest absolute Gasteiger partial charge is 0.351 e. The Labute approximate surface area is 215 Å². The average molecular weight is 494 g/mol. The quantitative estimate of drug-likeness (QED) is 0.373. The van der Waals surface area contributed by atoms with Crippen LogP contribution in [0.1, 0.15) is 24.0 Å². The average Bonchev–Trinajstić information content (AvgIpc) is 3.28. The van der Waals surface area contributed by atoms with Gasteiger partial charge in [0.1, 0.15) is 0 Å². The Hall–Kier alpha value is -4.17. The third kappa shape index (κ3) is 4.44. The topological polar surface area (TPSA) is 94.0 Å². The van der Waals surface area contributed by atoms with Crippen molar-refractivity contribution in [3.8, 4) is 0 Å². The summed E-state index contributed by atoms with van der Waals surface area (Å²) in [7, 11) is 1.76. The van der Waals surface area contributed by atoms with Crippen molar-refractivity contribution in [3.05, 3.63) is 94.3 Å². The van der Waals surface area contributed by atoms with Crippen LogP contribution < -0.4 is 21.5 Å². The molecule has 1 aliphatic heterocycles. The van der Waals surface area contributed by atoms with Crippen molar-refractivity contribution in [3.63, 3.8) is 0 Å². The number of imidazole rings is 1. The van der Waals surface area contributed by atoms with E-state index in [0.717, 1.165) is 36.5 Å². The van der Waals surface area contributed by atoms with E-state index in [2.05, 4.69) is 52.7 Å². The minimum atomic E-state index is -0.124. The second-order valence-electron chi connectivity index (χ2n) is 9.80. The lowest BCUT2D eigenvalue weighted by molar-refractivity contribution is 0.495. The van der Waals surface area contributed by atoms with Crippen LogP contribution in [0.4, 0.5) is 11.9 Å². The molecule has 1 unspecified atom stereocenters. The summed E-state index contributed by atoms with van der Waals surface area (Å²) in [5.74, 6) is 1.25. The summed E-state index contributed by atoms with van der Waals surface area (Å²) in [5, 5.41) is 5.75. The van der Waals surface area contributed by atoms with Crippen molar-refractivity contribution >= 4 is 33.8 Å². The van der Waals surface area contributed by atoms with E-state index in [1.807, 2.05) is 34.9 Å². The van der Waals surface area contributed by atoms with Crippen LogP contribution in [-0.4, -0.2) is 38.2 Å². The number of nitrogens with zero attached hydrogens (tertiary/aromatic N) is 5. The molecule has 3 N–H and O–H groups in total. The van der Waals surface area contributed by atoms with Crippen LogP contribution in [-0.2, 0) is 20.1 Å². The first kappa shape index (κ1) is 23.2. The fourth-order valence-corrected chi connectivity index (χ4v) is 5.28. The highest BCUT2D eigenvalue weighted by atomic mass is 16.1. The second-order valence-corrected chi connectivity index (χ2v) is 9.80. The standard InChI is InChI=1S/C29H31N7O/c1-34-27(37)25-26(32-28(34)31-17-22-13-7-12-21-11-5-6-15-24(21)22)33-29(35-16-8-14-23(30)19-35)36(25)18-20-9-3-2-4-10-20/h2-7,9-13,15,23H,8,14,16-19,30H2,1H3,(H,31,32). The maximum absolute atomic E-state index is 13.7. The molecular formula is C29H31N7O. The predicted octanol–water partition coefficient (Wildman–Crippen LogP) is 3.87. The number of aromatic nitrogens is 4. The second kappa shape index (κ2) is 9.71. The summed E-state index contributed by atoms with van der Waals surface area (Å²) in [4.78, 5) is 25.7. The number of piperidine rings is 1. The molecule has 6 rings (SSSR count). The zero-order chi connectivity index (χ0) is 25.4. The van der Waals surface area contributed by atoms with E-state index in [1.54, 1.807) is 11.6 Å². The van der Waals surface area contributed by atoms with E-state index in [4.69, 9.17) is 15.7 Å². The van der Waals surface area contributed by atoms with Gasteiger partial charge in [-0.3, -0.25) is 13.9 Å². The Morgan fingerprint density at radius 1 is 1.00 bits per heavy atom. The van der Waals surface area contributed by atoms with Crippen LogP contribution in [0.2, 0.25) is 0 Å². The van der Waals surface area contributed by atoms with Crippen LogP contribution >= 0.6 is 0 Å². The highest BCUT2D eigenvalue weighted by Crippen LogP contribution is 2.25. The molecule has 0 spiro atoms. The SMILES string of the molecule is Cn1c(NCc2cccc3ccccc23)nc2nc(N3CCCC(N)C3)n(Cc3ccccc3)c2c1=O. The Balaban J connectivity index is 1.41. The summed E-state index contributed by atoms with van der Waals surface area (Å²) in [5.41, 5.74) is 9.39. The zero-order valence-corrected chi connectivity index (χ0v) is 21.0. The number of nitrogens with two attached hydrogens (primary N) is 1. The van der Waals surface area contributed by atoms with Gasteiger partial charge in [0.15, 0.2) is 11.2 Å². The zero-order valence-electron chi connectivity index (χ0n) is 21.0. The van der Waals surface area contributed by atoms with Gasteiger partial charge < -0.3 is 16.0 Å². The molecule has 3 aromatic carbocycles. The molecule has 8 heteroatoms. The summed E-state index contributed by atoms with van der Waals surface area (Å²) in [6.07, 6.45) is 2.00. The summed E-state index contributed by atoms with van der Waals surface area (Å²) in [6, 6.07) is 24.8. The molecule has 0 radical (unpaired) electrons. The van der Waals surface area contributed by atoms with Crippen LogP contribution in [0.25, 0.3) is 21.9 Å². The Kier molecular flexibility index (Phi) is 6.10. The van der Waals surface area contributed by atoms with Gasteiger partial charge in [-0.2, -0.15) is 9.97 Å². The van der Waals surface area contributed by atoms with E-state index in [1.165, 1.54) is 10.8 Å². The minimum Gasteiger partial charge on any atom is -0.351 e. The van der Waals surface area contributed by atoms with Crippen LogP contribution in [0.5, 0.6) is 0 Å². The van der Waals surface area contributed by atoms with Gasteiger partial charge in [0, 0.05) is 32.7 Å². The third-order valence-corrected chi connectivity index (χ3v) is 7.21. The van der Waals surface area contributed by atoms with Gasteiger partial charge in [0.2, 0.25) is 11.9 Å². The Bertz CT molecular complexity index is 1620. The van der Waals surface area contributed by atoms with Gasteiger partial charge in [-0.25, -0.2) is 0 Å². The monoisotopic (exact) mass is 493 g/mol. The van der Waals surface area contributed by atoms with E-state index in [0.29, 0.717) is 36.7 Å². The van der Waals surface area contributed by atoms with Crippen molar-refractivity contribution in [2.45, 2.75) is 32.0 Å². The molecule has 8 nitrogen and oxygen atoms in total. The molecule has 1 atom stereocenters. The molecule has 188 valence electrons. The first-order valence-electron chi connectivity index (χ1n) is 12.8. The van der Waals surface area contributed by atoms with Gasteiger partial charge in [-0.1, -0.05) is 72.8 Å². The molecule has 0 bridgehead atoms. The Morgan fingerprint density at radius 3 is 2.62 bits per heavy atom. The van der Waals surface area contributed by atoms with E-state index in [-0.39, 0.29) is 11.6 Å². The van der Waals surface area contributed by atoms with Gasteiger partial charge in [0.05, 0.1) is 6.54 Å². The molecule has 0 aliphatic carbocycles. The molecule has 37 heavy (non-hydrogen) atoms. The van der Waals surface area contributed by atoms with Crippen molar-refractivity contribution in [1.82, 2.24) is 19.1 Å². The first-order valence-corrected chi connectivity index (χ1v) is 12.8. The molecule has 1 aliphatic rings. The summed E-state index contributed by atoms with van der Waals surface area (Å²) < 4.78 is 3.59. The summed E-state index contributed by atoms with van der Waals surface area (Å²) in [6.45, 7) is 2.66. The van der Waals surface area contributed by atoms with Crippen molar-refractivity contribution in [1.29, 1.82) is 0 Å². The Morgan fingerprint density at radius 2 is 1.78 bits per heavy atom. The van der Waals surface area contributed by atoms with Crippen LogP contribution in [0.3, 0.4) is 0 Å². The number of hydrogen-bond acceptors (Lipinski definition) is 6. The van der Waals surface area contributed by atoms with Crippen molar-refractivity contribution < 1.29 is 0 Å². The summed E-state index contributed by atoms with van der Waals surface area (Å²) >= 11 is 0. The lowest BCUT2D eigenvalue weighted by atomic mass is 10.0. The van der Waals surface area contributed by atoms with Crippen LogP contribution in [0.15, 0.2) is 77.6 Å². The number of fused-ring (bicyclic) bond motifs is 2. The van der Waals surface area contributed by atoms with E-state index in [9.17, 15) is 4.79 Å². The number of benzene rings is 3. The third-order valence-electron chi connectivity index (χ3n) is 7.21. The van der Waals surface area contributed by atoms with E-state index >= 15 is 0 Å². The van der Waals surface area contributed by atoms with Gasteiger partial charge in [-0.05, 0) is 34.7 Å². The molecule has 0 saturated carbocycles. The lowest BCUT2D eigenvalue weighted by Gasteiger charge is -2.31. The fourth-order valence-electron chi connectivity index (χ4n) is 5.28. The van der Waals surface area contributed by atoms with Gasteiger partial charge >= 0.3 is 0 Å². The molecule has 1 fully saturated rings. The lowest BCUT2D eigenvalue weighted by Crippen LogP contribution is -2.44. The minimum absolute atomic E-state index is 0.0902. The number of hydrogen-bond donors (Lipinski definition) is 2. The fraction of sp³-hybridized carbons (Fsp3) is 0.276. The molecule has 3 heterocycles. The number of rotatable bonds is 6. The first-order chi connectivity index (χ1) is 18.1. The van der Waals surface area contributed by atoms with E-state index < -0.39 is 0 Å². The molecule has 5 aromatic rings. The molecular weight excluding hydrogens is 462 g/mol. The molecule has 0 amide bonds. The highest BCUT2D eigenvalue weighted by Gasteiger charge is 2.25. The van der Waals surface area contributed by atoms with Crippen molar-refractivity contribution in [2.75, 3.05) is 23.3 Å². The van der Waals surface area contributed by atoms with Crippen molar-refractivity contribution in [2.24, 2.45) is 12.8 Å². The van der Waals surface area contributed by atoms with Gasteiger partial charge in [-0.15, -0.1) is 0 Å². The maximum Gasteiger partial charge on any atom is 0.281 e. The molecule has 1 saturated heterocycles. The highest BCUT2D eigenvalue weighted by molar-refractivity contribution is 5.85. The smallest absolute Gasteiger partial charge is 0.281 e. The molecule has 2 aromatic heterocycles. The number of anilines is 2. The normalized spacial score (nSPS) is 15.9. The van der Waals surface area contributed by atoms with Crippen LogP contribution in [0, 0.1) is 0 Å². The predicted molar refractivity (Wildman–Crippen MR) is 149 cm³/mol. The van der Waals surface area contributed by atoms with Gasteiger partial charge in [0.25, 0.3) is 5.56 Å².